The third kappa shape index (κ3) is 18.8. The summed E-state index contributed by atoms with van der Waals surface area (Å²) >= 11 is 0. The highest BCUT2D eigenvalue weighted by molar-refractivity contribution is 5.67. The lowest BCUT2D eigenvalue weighted by atomic mass is 9.91. The summed E-state index contributed by atoms with van der Waals surface area (Å²) in [5.41, 5.74) is 12.0. The maximum absolute atomic E-state index is 7.57. The van der Waals surface area contributed by atoms with E-state index >= 15 is 0 Å². The van der Waals surface area contributed by atoms with Gasteiger partial charge < -0.3 is 0 Å². The van der Waals surface area contributed by atoms with Gasteiger partial charge in [0.15, 0.2) is 0 Å². The molecular weight excluding hydrogens is 709 g/mol. The molecule has 0 heteroatoms. The van der Waals surface area contributed by atoms with Crippen molar-refractivity contribution >= 4 is 0 Å². The van der Waals surface area contributed by atoms with Gasteiger partial charge in [0.1, 0.15) is 0 Å². The molecule has 59 heavy (non-hydrogen) atoms. The molecule has 306 valence electrons. The summed E-state index contributed by atoms with van der Waals surface area (Å²) < 4.78 is 171. The molecule has 0 atom stereocenters. The topological polar surface area (TPSA) is 0 Å². The monoisotopic (exact) mass is 802 g/mol. The highest BCUT2D eigenvalue weighted by atomic mass is 14.1. The van der Waals surface area contributed by atoms with Crippen molar-refractivity contribution < 1.29 is 31.5 Å². The van der Waals surface area contributed by atoms with E-state index in [2.05, 4.69) is 166 Å². The number of hydrogen-bond acceptors (Lipinski definition) is 0. The highest BCUT2D eigenvalue weighted by Gasteiger charge is 2.07. The van der Waals surface area contributed by atoms with Crippen molar-refractivity contribution in [1.29, 1.82) is 0 Å². The van der Waals surface area contributed by atoms with Gasteiger partial charge in [-0.15, -0.1) is 0 Å². The molecule has 0 unspecified atom stereocenters. The van der Waals surface area contributed by atoms with Crippen LogP contribution in [0.1, 0.15) is 125 Å². The predicted molar refractivity (Wildman–Crippen MR) is 261 cm³/mol. The standard InChI is InChI=1S/3C13H12.C7H14.C7H8.C6H12/c1-11-7-5-6-10-13(11)12-8-3-2-4-9-12;1-11-6-5-9-13(10-11)12-7-3-2-4-8-12;1-11-7-9-13(10-8-11)12-5-3-2-4-6-12;2*1-7-5-3-2-4-6-7;1-6-4-2-3-5-6/h3*2-10H,1H3;7H,2-6H2,1H3;2-6H,1H3;6H,2-5H2,1H3/i;;;2D2,3D2,4D2,5D2,6D2;2D,3D,4D,5D,6D;2D2,3D2,4D2,5D2. The number of aryl methyl sites for hydroxylation is 3. The van der Waals surface area contributed by atoms with Crippen LogP contribution in [0.25, 0.3) is 33.4 Å². The molecule has 0 aromatic heterocycles. The van der Waals surface area contributed by atoms with E-state index in [0.29, 0.717) is 5.56 Å². The minimum Gasteiger partial charge on any atom is -0.0625 e. The van der Waals surface area contributed by atoms with Crippen LogP contribution in [0.3, 0.4) is 0 Å². The van der Waals surface area contributed by atoms with Crippen LogP contribution >= 0.6 is 0 Å². The van der Waals surface area contributed by atoms with Crippen molar-refractivity contribution in [2.45, 2.75) is 98.9 Å². The predicted octanol–water partition coefficient (Wildman–Crippen LogP) is 17.8. The Labute approximate surface area is 391 Å². The zero-order valence-electron chi connectivity index (χ0n) is 57.7. The van der Waals surface area contributed by atoms with Gasteiger partial charge in [-0.2, -0.15) is 0 Å². The summed E-state index contributed by atoms with van der Waals surface area (Å²) in [6, 6.07) is 55.8. The van der Waals surface area contributed by atoms with Crippen LogP contribution in [0.4, 0.5) is 0 Å². The first-order valence-electron chi connectivity index (χ1n) is 31.0. The van der Waals surface area contributed by atoms with Gasteiger partial charge in [-0.05, 0) is 78.5 Å². The summed E-state index contributed by atoms with van der Waals surface area (Å²) in [5.74, 6) is -2.93. The van der Waals surface area contributed by atoms with E-state index < -0.39 is 69.2 Å². The van der Waals surface area contributed by atoms with Crippen LogP contribution in [-0.4, -0.2) is 0 Å². The molecule has 0 N–H and O–H groups in total. The SMILES string of the molecule is Cc1ccc(-c2ccccc2)cc1.Cc1cccc(-c2ccccc2)c1.Cc1ccccc1-c1ccccc1.[2H]C1([2H])C(C)C([2H])([2H])C([2H])([2H])C([2H])([2H])C1([2H])[2H].[2H]C1([2H])C(C)C([2H])([2H])C([2H])([2H])C1([2H])[2H].[2H]c1c([2H])c([2H])c(C)c([2H])c1[2H]. The van der Waals surface area contributed by atoms with Crippen LogP contribution in [0.5, 0.6) is 0 Å². The number of rotatable bonds is 3. The molecule has 7 aromatic rings. The molecule has 2 aliphatic rings. The summed E-state index contributed by atoms with van der Waals surface area (Å²) in [6.45, 7) is 10.1. The Bertz CT molecular complexity index is 3030. The Morgan fingerprint density at radius 3 is 1.29 bits per heavy atom. The van der Waals surface area contributed by atoms with Gasteiger partial charge in [0.2, 0.25) is 0 Å². The zero-order valence-corrected chi connectivity index (χ0v) is 34.7. The summed E-state index contributed by atoms with van der Waals surface area (Å²) in [4.78, 5) is 0. The Hall–Kier alpha value is -5.46. The lowest BCUT2D eigenvalue weighted by Gasteiger charge is -2.15. The minimum atomic E-state index is -3.26. The van der Waals surface area contributed by atoms with Crippen molar-refractivity contribution in [1.82, 2.24) is 0 Å². The van der Waals surface area contributed by atoms with E-state index in [9.17, 15) is 0 Å². The molecule has 0 bridgehead atoms. The maximum Gasteiger partial charge on any atom is 0.0625 e. The van der Waals surface area contributed by atoms with Gasteiger partial charge in [0.05, 0.1) is 6.85 Å². The van der Waals surface area contributed by atoms with Crippen LogP contribution in [0.2, 0.25) is 0 Å². The molecule has 0 amide bonds. The van der Waals surface area contributed by atoms with Crippen molar-refractivity contribution in [2.24, 2.45) is 11.8 Å². The first-order chi connectivity index (χ1) is 37.6. The fourth-order valence-corrected chi connectivity index (χ4v) is 5.34. The molecule has 9 rings (SSSR count). The largest absolute Gasteiger partial charge is 0.0625 e. The molecular formula is C59H70. The fraction of sp³-hybridized carbons (Fsp3) is 0.288. The molecule has 0 nitrogen and oxygen atoms in total. The van der Waals surface area contributed by atoms with Gasteiger partial charge in [-0.25, -0.2) is 0 Å². The Balaban J connectivity index is 0.000000212. The van der Waals surface area contributed by atoms with E-state index in [-0.39, 0.29) is 30.2 Å². The third-order valence-electron chi connectivity index (χ3n) is 8.48. The second kappa shape index (κ2) is 27.3. The van der Waals surface area contributed by atoms with E-state index in [4.69, 9.17) is 31.5 Å². The molecule has 2 aliphatic carbocycles. The Morgan fingerprint density at radius 2 is 0.797 bits per heavy atom. The first-order valence-corrected chi connectivity index (χ1v) is 19.5. The first kappa shape index (κ1) is 23.4. The smallest absolute Gasteiger partial charge is 0.0625 e. The van der Waals surface area contributed by atoms with Gasteiger partial charge in [-0.1, -0.05) is 282 Å². The Morgan fingerprint density at radius 1 is 0.373 bits per heavy atom. The van der Waals surface area contributed by atoms with Crippen molar-refractivity contribution in [3.63, 3.8) is 0 Å². The highest BCUT2D eigenvalue weighted by Crippen LogP contribution is 2.24. The van der Waals surface area contributed by atoms with E-state index in [1.54, 1.807) is 0 Å². The molecule has 0 heterocycles. The van der Waals surface area contributed by atoms with Crippen LogP contribution < -0.4 is 0 Å². The van der Waals surface area contributed by atoms with E-state index in [0.717, 1.165) is 6.92 Å². The molecule has 0 saturated heterocycles. The average molecular weight is 802 g/mol. The molecule has 2 saturated carbocycles. The minimum absolute atomic E-state index is 0.124. The lowest BCUT2D eigenvalue weighted by molar-refractivity contribution is 0.385. The summed E-state index contributed by atoms with van der Waals surface area (Å²) in [7, 11) is 0. The van der Waals surface area contributed by atoms with Crippen LogP contribution in [0.15, 0.2) is 194 Å². The Kier molecular flexibility index (Phi) is 10.8. The van der Waals surface area contributed by atoms with Gasteiger partial charge in [0, 0.05) is 24.7 Å². The summed E-state index contributed by atoms with van der Waals surface area (Å²) in [6.07, 6.45) is -25.7. The number of benzene rings is 7. The molecule has 0 spiro atoms. The zero-order chi connectivity index (χ0) is 62.4. The van der Waals surface area contributed by atoms with Gasteiger partial charge in [-0.3, -0.25) is 0 Å². The van der Waals surface area contributed by atoms with Crippen molar-refractivity contribution in [3.05, 3.63) is 216 Å². The molecule has 0 aliphatic heterocycles. The second-order valence-electron chi connectivity index (χ2n) is 13.5. The average Bonchev–Trinajstić information content (AvgIpc) is 3.61. The fourth-order valence-electron chi connectivity index (χ4n) is 5.34. The third-order valence-corrected chi connectivity index (χ3v) is 8.48. The normalized spacial score (nSPS) is 26.6. The van der Waals surface area contributed by atoms with E-state index in [1.165, 1.54) is 63.9 Å². The van der Waals surface area contributed by atoms with Crippen molar-refractivity contribution in [3.8, 4) is 33.4 Å². The lowest BCUT2D eigenvalue weighted by Crippen LogP contribution is -1.99. The molecule has 0 radical (unpaired) electrons. The van der Waals surface area contributed by atoms with Gasteiger partial charge >= 0.3 is 0 Å². The van der Waals surface area contributed by atoms with Gasteiger partial charge in [0.25, 0.3) is 0 Å². The molecule has 2 fully saturated rings. The maximum atomic E-state index is 7.57. The number of hydrogen-bond donors (Lipinski definition) is 0. The summed E-state index contributed by atoms with van der Waals surface area (Å²) in [5, 5.41) is 0. The van der Waals surface area contributed by atoms with Crippen LogP contribution in [-0.2, 0) is 0 Å². The quantitative estimate of drug-likeness (QED) is 0.167. The van der Waals surface area contributed by atoms with E-state index in [1.807, 2.05) is 18.2 Å². The van der Waals surface area contributed by atoms with Crippen molar-refractivity contribution in [2.75, 3.05) is 0 Å². The second-order valence-corrected chi connectivity index (χ2v) is 13.5. The van der Waals surface area contributed by atoms with Crippen LogP contribution in [0, 0.1) is 39.5 Å². The molecule has 7 aromatic carbocycles.